The average molecular weight is 236 g/mol. The Bertz CT molecular complexity index is 368. The zero-order chi connectivity index (χ0) is 12.0. The van der Waals surface area contributed by atoms with Crippen molar-refractivity contribution in [2.75, 3.05) is 12.4 Å². The molecule has 3 heteroatoms. The summed E-state index contributed by atoms with van der Waals surface area (Å²) < 4.78 is 4.89. The molecular formula is C13H16O2S. The van der Waals surface area contributed by atoms with Gasteiger partial charge in [0.25, 0.3) is 0 Å². The lowest BCUT2D eigenvalue weighted by atomic mass is 10.1. The highest BCUT2D eigenvalue weighted by Gasteiger charge is 2.09. The summed E-state index contributed by atoms with van der Waals surface area (Å²) in [6.45, 7) is 8.01. The van der Waals surface area contributed by atoms with E-state index in [1.165, 1.54) is 4.90 Å². The third-order valence-corrected chi connectivity index (χ3v) is 2.93. The minimum absolute atomic E-state index is 0.349. The van der Waals surface area contributed by atoms with Gasteiger partial charge in [-0.15, -0.1) is 11.8 Å². The van der Waals surface area contributed by atoms with E-state index in [1.54, 1.807) is 18.7 Å². The molecule has 16 heavy (non-hydrogen) atoms. The second-order valence-corrected chi connectivity index (χ2v) is 4.49. The molecule has 2 nitrogen and oxygen atoms in total. The number of benzene rings is 1. The number of carbonyl (C=O) groups excluding carboxylic acids is 1. The van der Waals surface area contributed by atoms with Gasteiger partial charge in [-0.2, -0.15) is 0 Å². The lowest BCUT2D eigenvalue weighted by Gasteiger charge is -2.06. The Kier molecular flexibility index (Phi) is 5.12. The van der Waals surface area contributed by atoms with E-state index < -0.39 is 0 Å². The summed E-state index contributed by atoms with van der Waals surface area (Å²) in [4.78, 5) is 12.6. The molecule has 0 fully saturated rings. The summed E-state index contributed by atoms with van der Waals surface area (Å²) in [6.07, 6.45) is 0. The first-order valence-electron chi connectivity index (χ1n) is 5.28. The van der Waals surface area contributed by atoms with Gasteiger partial charge in [-0.3, -0.25) is 0 Å². The van der Waals surface area contributed by atoms with E-state index in [2.05, 4.69) is 13.5 Å². The van der Waals surface area contributed by atoms with Crippen molar-refractivity contribution >= 4 is 23.3 Å². The zero-order valence-corrected chi connectivity index (χ0v) is 10.5. The Morgan fingerprint density at radius 2 is 1.94 bits per heavy atom. The van der Waals surface area contributed by atoms with E-state index in [9.17, 15) is 4.79 Å². The van der Waals surface area contributed by atoms with E-state index in [-0.39, 0.29) is 5.97 Å². The molecular weight excluding hydrogens is 220 g/mol. The van der Waals surface area contributed by atoms with Crippen LogP contribution in [0, 0.1) is 0 Å². The number of rotatable bonds is 5. The average Bonchev–Trinajstić information content (AvgIpc) is 2.30. The fraction of sp³-hybridized carbons (Fsp3) is 0.308. The molecule has 1 aromatic rings. The van der Waals surface area contributed by atoms with Crippen molar-refractivity contribution in [3.63, 3.8) is 0 Å². The van der Waals surface area contributed by atoms with Crippen LogP contribution in [-0.2, 0) is 9.53 Å². The van der Waals surface area contributed by atoms with Crippen molar-refractivity contribution < 1.29 is 9.53 Å². The Hall–Kier alpha value is -1.22. The summed E-state index contributed by atoms with van der Waals surface area (Å²) in [5.74, 6) is 0.691. The van der Waals surface area contributed by atoms with Crippen LogP contribution < -0.4 is 0 Å². The van der Waals surface area contributed by atoms with Crippen LogP contribution >= 0.6 is 11.8 Å². The first-order chi connectivity index (χ1) is 7.69. The van der Waals surface area contributed by atoms with E-state index in [0.717, 1.165) is 11.3 Å². The van der Waals surface area contributed by atoms with Crippen molar-refractivity contribution in [3.8, 4) is 0 Å². The Morgan fingerprint density at radius 3 is 2.44 bits per heavy atom. The first-order valence-corrected chi connectivity index (χ1v) is 6.26. The highest BCUT2D eigenvalue weighted by molar-refractivity contribution is 7.99. The van der Waals surface area contributed by atoms with E-state index >= 15 is 0 Å². The normalized spacial score (nSPS) is 9.88. The molecule has 0 aliphatic rings. The lowest BCUT2D eigenvalue weighted by molar-refractivity contribution is -0.136. The van der Waals surface area contributed by atoms with Crippen LogP contribution in [0.1, 0.15) is 19.4 Å². The third-order valence-electron chi connectivity index (χ3n) is 2.04. The van der Waals surface area contributed by atoms with Gasteiger partial charge >= 0.3 is 5.97 Å². The van der Waals surface area contributed by atoms with E-state index in [0.29, 0.717) is 12.2 Å². The minimum atomic E-state index is -0.349. The van der Waals surface area contributed by atoms with Gasteiger partial charge in [0.15, 0.2) is 0 Å². The van der Waals surface area contributed by atoms with Gasteiger partial charge in [-0.25, -0.2) is 4.79 Å². The molecule has 1 rings (SSSR count). The highest BCUT2D eigenvalue weighted by Crippen LogP contribution is 2.21. The predicted molar refractivity (Wildman–Crippen MR) is 68.5 cm³/mol. The predicted octanol–water partition coefficient (Wildman–Crippen LogP) is 3.37. The van der Waals surface area contributed by atoms with Crippen LogP contribution in [0.15, 0.2) is 35.7 Å². The van der Waals surface area contributed by atoms with Crippen molar-refractivity contribution in [2.45, 2.75) is 18.7 Å². The second-order valence-electron chi connectivity index (χ2n) is 3.16. The topological polar surface area (TPSA) is 26.3 Å². The molecule has 0 aromatic heterocycles. The van der Waals surface area contributed by atoms with E-state index in [4.69, 9.17) is 4.74 Å². The van der Waals surface area contributed by atoms with Crippen molar-refractivity contribution in [3.05, 3.63) is 36.4 Å². The molecule has 0 atom stereocenters. The maximum absolute atomic E-state index is 11.4. The molecule has 86 valence electrons. The summed E-state index contributed by atoms with van der Waals surface area (Å²) in [7, 11) is 0. The fourth-order valence-corrected chi connectivity index (χ4v) is 1.92. The molecule has 1 aromatic carbocycles. The first kappa shape index (κ1) is 12.8. The third kappa shape index (κ3) is 3.42. The van der Waals surface area contributed by atoms with Crippen molar-refractivity contribution in [1.82, 2.24) is 0 Å². The molecule has 0 saturated heterocycles. The SMILES string of the molecule is C=C(C(=O)OCC)c1ccc(SCC)cc1. The number of thioether (sulfide) groups is 1. The molecule has 0 saturated carbocycles. The molecule has 0 spiro atoms. The monoisotopic (exact) mass is 236 g/mol. The summed E-state index contributed by atoms with van der Waals surface area (Å²) in [6, 6.07) is 7.79. The zero-order valence-electron chi connectivity index (χ0n) is 9.66. The van der Waals surface area contributed by atoms with Crippen LogP contribution in [0.3, 0.4) is 0 Å². The van der Waals surface area contributed by atoms with Crippen LogP contribution in [0.5, 0.6) is 0 Å². The smallest absolute Gasteiger partial charge is 0.338 e. The molecule has 0 aliphatic carbocycles. The minimum Gasteiger partial charge on any atom is -0.462 e. The van der Waals surface area contributed by atoms with Gasteiger partial charge in [-0.05, 0) is 30.4 Å². The largest absolute Gasteiger partial charge is 0.462 e. The van der Waals surface area contributed by atoms with Crippen molar-refractivity contribution in [2.24, 2.45) is 0 Å². The van der Waals surface area contributed by atoms with Crippen LogP contribution in [0.2, 0.25) is 0 Å². The molecule has 0 amide bonds. The Balaban J connectivity index is 2.73. The molecule has 0 radical (unpaired) electrons. The lowest BCUT2D eigenvalue weighted by Crippen LogP contribution is -2.05. The number of esters is 1. The summed E-state index contributed by atoms with van der Waals surface area (Å²) >= 11 is 1.77. The maximum Gasteiger partial charge on any atom is 0.338 e. The second kappa shape index (κ2) is 6.38. The van der Waals surface area contributed by atoms with Gasteiger partial charge in [0.05, 0.1) is 12.2 Å². The van der Waals surface area contributed by atoms with Crippen LogP contribution in [0.25, 0.3) is 5.57 Å². The van der Waals surface area contributed by atoms with Gasteiger partial charge in [0, 0.05) is 4.90 Å². The maximum atomic E-state index is 11.4. The summed E-state index contributed by atoms with van der Waals surface area (Å²) in [5, 5.41) is 0. The summed E-state index contributed by atoms with van der Waals surface area (Å²) in [5.41, 5.74) is 1.23. The Morgan fingerprint density at radius 1 is 1.31 bits per heavy atom. The fourth-order valence-electron chi connectivity index (χ4n) is 1.26. The standard InChI is InChI=1S/C13H16O2S/c1-4-15-13(14)10(3)11-6-8-12(9-7-11)16-5-2/h6-9H,3-5H2,1-2H3. The molecule has 0 N–H and O–H groups in total. The quantitative estimate of drug-likeness (QED) is 0.445. The van der Waals surface area contributed by atoms with Gasteiger partial charge in [0.1, 0.15) is 0 Å². The van der Waals surface area contributed by atoms with E-state index in [1.807, 2.05) is 24.3 Å². The van der Waals surface area contributed by atoms with Gasteiger partial charge in [0.2, 0.25) is 0 Å². The highest BCUT2D eigenvalue weighted by atomic mass is 32.2. The van der Waals surface area contributed by atoms with Gasteiger partial charge in [-0.1, -0.05) is 25.6 Å². The van der Waals surface area contributed by atoms with Crippen LogP contribution in [-0.4, -0.2) is 18.3 Å². The number of hydrogen-bond acceptors (Lipinski definition) is 3. The van der Waals surface area contributed by atoms with Crippen molar-refractivity contribution in [1.29, 1.82) is 0 Å². The molecule has 0 aliphatic heterocycles. The number of ether oxygens (including phenoxy) is 1. The molecule has 0 unspecified atom stereocenters. The van der Waals surface area contributed by atoms with Gasteiger partial charge < -0.3 is 4.74 Å². The molecule has 0 heterocycles. The molecule has 0 bridgehead atoms. The van der Waals surface area contributed by atoms with Crippen LogP contribution in [0.4, 0.5) is 0 Å². The number of carbonyl (C=O) groups is 1. The Labute approximate surface area is 101 Å². The number of hydrogen-bond donors (Lipinski definition) is 0.